The van der Waals surface area contributed by atoms with Crippen LogP contribution >= 0.6 is 0 Å². The van der Waals surface area contributed by atoms with E-state index in [9.17, 15) is 18.3 Å². The van der Waals surface area contributed by atoms with Crippen molar-refractivity contribution in [1.29, 1.82) is 0 Å². The molecule has 0 aliphatic carbocycles. The van der Waals surface area contributed by atoms with E-state index in [0.29, 0.717) is 25.5 Å². The second kappa shape index (κ2) is 5.94. The van der Waals surface area contributed by atoms with Crippen molar-refractivity contribution in [2.24, 2.45) is 5.92 Å². The van der Waals surface area contributed by atoms with Crippen LogP contribution in [0, 0.1) is 5.92 Å². The molecule has 3 atom stereocenters. The van der Waals surface area contributed by atoms with Gasteiger partial charge in [-0.25, -0.2) is 4.98 Å². The molecule has 0 saturated carbocycles. The summed E-state index contributed by atoms with van der Waals surface area (Å²) in [4.78, 5) is 6.01. The maximum atomic E-state index is 12.7. The number of hydrogen-bond donors (Lipinski definition) is 1. The summed E-state index contributed by atoms with van der Waals surface area (Å²) < 4.78 is 43.5. The fraction of sp³-hybridized carbons (Fsp3) is 0.688. The van der Waals surface area contributed by atoms with Crippen molar-refractivity contribution >= 4 is 5.82 Å². The van der Waals surface area contributed by atoms with E-state index in [4.69, 9.17) is 4.74 Å². The van der Waals surface area contributed by atoms with Crippen LogP contribution in [0.3, 0.4) is 0 Å². The highest BCUT2D eigenvalue weighted by molar-refractivity contribution is 5.43. The van der Waals surface area contributed by atoms with Gasteiger partial charge in [-0.05, 0) is 38.3 Å². The first-order chi connectivity index (χ1) is 10.8. The number of nitrogens with zero attached hydrogens (tertiary/aromatic N) is 2. The van der Waals surface area contributed by atoms with Crippen molar-refractivity contribution in [2.45, 2.75) is 44.0 Å². The van der Waals surface area contributed by atoms with Crippen molar-refractivity contribution in [2.75, 3.05) is 24.7 Å². The van der Waals surface area contributed by atoms with Crippen molar-refractivity contribution in [3.05, 3.63) is 23.9 Å². The lowest BCUT2D eigenvalue weighted by Crippen LogP contribution is -2.52. The molecule has 1 aromatic rings. The van der Waals surface area contributed by atoms with E-state index in [1.54, 1.807) is 0 Å². The quantitative estimate of drug-likeness (QED) is 0.906. The first-order valence-corrected chi connectivity index (χ1v) is 7.89. The van der Waals surface area contributed by atoms with Crippen molar-refractivity contribution in [3.63, 3.8) is 0 Å². The predicted octanol–water partition coefficient (Wildman–Crippen LogP) is 2.86. The molecule has 3 rings (SSSR count). The molecule has 2 fully saturated rings. The van der Waals surface area contributed by atoms with Crippen LogP contribution in [0.25, 0.3) is 0 Å². The Morgan fingerprint density at radius 2 is 2.17 bits per heavy atom. The fourth-order valence-electron chi connectivity index (χ4n) is 3.60. The molecule has 3 heterocycles. The lowest BCUT2D eigenvalue weighted by atomic mass is 9.79. The van der Waals surface area contributed by atoms with Gasteiger partial charge in [-0.15, -0.1) is 0 Å². The Labute approximate surface area is 133 Å². The van der Waals surface area contributed by atoms with Gasteiger partial charge in [0.1, 0.15) is 5.82 Å². The van der Waals surface area contributed by atoms with E-state index < -0.39 is 17.3 Å². The molecule has 0 amide bonds. The van der Waals surface area contributed by atoms with Gasteiger partial charge in [0.15, 0.2) is 0 Å². The van der Waals surface area contributed by atoms with E-state index in [2.05, 4.69) is 4.98 Å². The Morgan fingerprint density at radius 3 is 2.78 bits per heavy atom. The van der Waals surface area contributed by atoms with Crippen LogP contribution in [0.15, 0.2) is 18.3 Å². The summed E-state index contributed by atoms with van der Waals surface area (Å²) in [6.07, 6.45) is -1.12. The standard InChI is InChI=1S/C16H21F3N2O2/c1-15(22)6-8-23-10-12(15)13-3-2-7-21(13)14-5-4-11(9-20-14)16(17,18)19/h4-5,9,12-13,22H,2-3,6-8,10H2,1H3. The molecule has 0 bridgehead atoms. The second-order valence-corrected chi connectivity index (χ2v) is 6.59. The molecular formula is C16H21F3N2O2. The highest BCUT2D eigenvalue weighted by atomic mass is 19.4. The predicted molar refractivity (Wildman–Crippen MR) is 79.2 cm³/mol. The number of anilines is 1. The van der Waals surface area contributed by atoms with Gasteiger partial charge in [-0.2, -0.15) is 13.2 Å². The third kappa shape index (κ3) is 3.30. The molecule has 2 saturated heterocycles. The topological polar surface area (TPSA) is 45.6 Å². The molecule has 7 heteroatoms. The Kier molecular flexibility index (Phi) is 4.27. The molecular weight excluding hydrogens is 309 g/mol. The fourth-order valence-corrected chi connectivity index (χ4v) is 3.60. The average Bonchev–Trinajstić information content (AvgIpc) is 2.95. The van der Waals surface area contributed by atoms with Crippen LogP contribution in [0.2, 0.25) is 0 Å². The van der Waals surface area contributed by atoms with Gasteiger partial charge in [-0.1, -0.05) is 0 Å². The Bertz CT molecular complexity index is 545. The summed E-state index contributed by atoms with van der Waals surface area (Å²) in [5.74, 6) is 0.463. The van der Waals surface area contributed by atoms with Crippen LogP contribution in [0.4, 0.5) is 19.0 Å². The van der Waals surface area contributed by atoms with Gasteiger partial charge >= 0.3 is 6.18 Å². The maximum absolute atomic E-state index is 12.7. The van der Waals surface area contributed by atoms with Crippen LogP contribution in [0.1, 0.15) is 31.7 Å². The normalized spacial score (nSPS) is 32.3. The smallest absolute Gasteiger partial charge is 0.390 e. The number of rotatable bonds is 2. The van der Waals surface area contributed by atoms with Crippen molar-refractivity contribution in [1.82, 2.24) is 4.98 Å². The summed E-state index contributed by atoms with van der Waals surface area (Å²) in [7, 11) is 0. The average molecular weight is 330 g/mol. The van der Waals surface area contributed by atoms with E-state index >= 15 is 0 Å². The number of aromatic nitrogens is 1. The molecule has 4 nitrogen and oxygen atoms in total. The zero-order valence-corrected chi connectivity index (χ0v) is 13.0. The van der Waals surface area contributed by atoms with E-state index in [1.165, 1.54) is 6.07 Å². The molecule has 2 aliphatic heterocycles. The summed E-state index contributed by atoms with van der Waals surface area (Å²) >= 11 is 0. The number of ether oxygens (including phenoxy) is 1. The third-order valence-corrected chi connectivity index (χ3v) is 4.98. The van der Waals surface area contributed by atoms with Gasteiger partial charge in [0, 0.05) is 31.3 Å². The number of alkyl halides is 3. The minimum absolute atomic E-state index is 0.0366. The number of pyridine rings is 1. The zero-order valence-electron chi connectivity index (χ0n) is 13.0. The highest BCUT2D eigenvalue weighted by Gasteiger charge is 2.44. The Morgan fingerprint density at radius 1 is 1.39 bits per heavy atom. The van der Waals surface area contributed by atoms with Gasteiger partial charge in [0.05, 0.1) is 17.8 Å². The van der Waals surface area contributed by atoms with Gasteiger partial charge in [0.25, 0.3) is 0 Å². The summed E-state index contributed by atoms with van der Waals surface area (Å²) in [5.41, 5.74) is -1.57. The second-order valence-electron chi connectivity index (χ2n) is 6.59. The largest absolute Gasteiger partial charge is 0.417 e. The summed E-state index contributed by atoms with van der Waals surface area (Å²) in [6.45, 7) is 3.55. The molecule has 1 aromatic heterocycles. The molecule has 2 aliphatic rings. The third-order valence-electron chi connectivity index (χ3n) is 4.98. The Hall–Kier alpha value is -1.34. The van der Waals surface area contributed by atoms with Crippen LogP contribution < -0.4 is 4.90 Å². The van der Waals surface area contributed by atoms with Crippen molar-refractivity contribution in [3.8, 4) is 0 Å². The molecule has 128 valence electrons. The van der Waals surface area contributed by atoms with E-state index in [0.717, 1.165) is 31.6 Å². The lowest BCUT2D eigenvalue weighted by molar-refractivity contribution is -0.137. The highest BCUT2D eigenvalue weighted by Crippen LogP contribution is 2.38. The molecule has 3 unspecified atom stereocenters. The summed E-state index contributed by atoms with van der Waals surface area (Å²) in [6, 6.07) is 2.52. The minimum Gasteiger partial charge on any atom is -0.390 e. The SMILES string of the molecule is CC1(O)CCOCC1C1CCCN1c1ccc(C(F)(F)F)cn1. The lowest BCUT2D eigenvalue weighted by Gasteiger charge is -2.43. The van der Waals surface area contributed by atoms with Gasteiger partial charge in [0.2, 0.25) is 0 Å². The number of hydrogen-bond acceptors (Lipinski definition) is 4. The van der Waals surface area contributed by atoms with Crippen molar-refractivity contribution < 1.29 is 23.0 Å². The molecule has 0 aromatic carbocycles. The zero-order chi connectivity index (χ0) is 16.7. The van der Waals surface area contributed by atoms with E-state index in [-0.39, 0.29) is 12.0 Å². The van der Waals surface area contributed by atoms with Crippen LogP contribution in [-0.2, 0) is 10.9 Å². The van der Waals surface area contributed by atoms with E-state index in [1.807, 2.05) is 11.8 Å². The number of aliphatic hydroxyl groups is 1. The van der Waals surface area contributed by atoms with Gasteiger partial charge < -0.3 is 14.7 Å². The molecule has 1 N–H and O–H groups in total. The van der Waals surface area contributed by atoms with Gasteiger partial charge in [-0.3, -0.25) is 0 Å². The van der Waals surface area contributed by atoms with Crippen LogP contribution in [0.5, 0.6) is 0 Å². The minimum atomic E-state index is -4.38. The first kappa shape index (κ1) is 16.5. The molecule has 0 spiro atoms. The number of halogens is 3. The maximum Gasteiger partial charge on any atom is 0.417 e. The first-order valence-electron chi connectivity index (χ1n) is 7.89. The monoisotopic (exact) mass is 330 g/mol. The Balaban J connectivity index is 1.81. The van der Waals surface area contributed by atoms with Crippen LogP contribution in [-0.4, -0.2) is 41.5 Å². The molecule has 0 radical (unpaired) electrons. The summed E-state index contributed by atoms with van der Waals surface area (Å²) in [5, 5.41) is 10.6. The molecule has 23 heavy (non-hydrogen) atoms.